The van der Waals surface area contributed by atoms with Crippen LogP contribution in [-0.4, -0.2) is 37.2 Å². The van der Waals surface area contributed by atoms with Gasteiger partial charge in [0, 0.05) is 19.3 Å². The predicted molar refractivity (Wildman–Crippen MR) is 288 cm³/mol. The minimum atomic E-state index is -0.772. The van der Waals surface area contributed by atoms with Crippen LogP contribution in [0.1, 0.15) is 265 Å². The van der Waals surface area contributed by atoms with Crippen molar-refractivity contribution in [3.8, 4) is 0 Å². The molecule has 0 rings (SSSR count). The number of allylic oxidation sites excluding steroid dienone is 14. The third-order valence-electron chi connectivity index (χ3n) is 11.9. The molecule has 0 aliphatic rings. The molecule has 0 heterocycles. The molecular weight excluding hydrogens is 829 g/mol. The zero-order chi connectivity index (χ0) is 48.6. The van der Waals surface area contributed by atoms with Gasteiger partial charge in [0.15, 0.2) is 6.10 Å². The van der Waals surface area contributed by atoms with Crippen LogP contribution >= 0.6 is 0 Å². The number of unbranched alkanes of at least 4 members (excludes halogenated alkanes) is 25. The standard InChI is InChI=1S/C61H104O6/c1-4-7-10-13-16-18-20-22-23-24-25-26-27-28-29-30-31-32-33-34-35-36-37-38-39-40-42-43-45-48-51-54-60(63)66-57-58(56-65-59(62)53-50-47-15-12-9-6-3)67-61(64)55-52-49-46-44-41-21-19-17-14-11-8-5-2/h7,10,16,18,22-23,25-26,28-29,31-32,34-35,58H,4-6,8-9,11-15,17,19-21,24,27,30,33,36-57H2,1-3H3/b10-7-,18-16-,23-22-,26-25-,29-28-,32-31-,35-34-. The van der Waals surface area contributed by atoms with Crippen molar-refractivity contribution in [1.82, 2.24) is 0 Å². The van der Waals surface area contributed by atoms with E-state index >= 15 is 0 Å². The number of esters is 3. The van der Waals surface area contributed by atoms with Crippen molar-refractivity contribution < 1.29 is 28.6 Å². The first-order valence-corrected chi connectivity index (χ1v) is 28.1. The number of ether oxygens (including phenoxy) is 3. The number of hydrogen-bond donors (Lipinski definition) is 0. The fourth-order valence-corrected chi connectivity index (χ4v) is 7.72. The Kier molecular flexibility index (Phi) is 52.4. The Balaban J connectivity index is 4.07. The highest BCUT2D eigenvalue weighted by molar-refractivity contribution is 5.71. The number of hydrogen-bond acceptors (Lipinski definition) is 6. The molecule has 67 heavy (non-hydrogen) atoms. The molecule has 0 radical (unpaired) electrons. The lowest BCUT2D eigenvalue weighted by atomic mass is 10.0. The lowest BCUT2D eigenvalue weighted by Crippen LogP contribution is -2.30. The van der Waals surface area contributed by atoms with Gasteiger partial charge in [-0.25, -0.2) is 0 Å². The van der Waals surface area contributed by atoms with E-state index in [1.165, 1.54) is 116 Å². The van der Waals surface area contributed by atoms with E-state index < -0.39 is 6.10 Å². The molecule has 6 nitrogen and oxygen atoms in total. The van der Waals surface area contributed by atoms with Gasteiger partial charge in [-0.05, 0) is 77.0 Å². The van der Waals surface area contributed by atoms with Crippen molar-refractivity contribution in [2.24, 2.45) is 0 Å². The number of rotatable bonds is 50. The van der Waals surface area contributed by atoms with Gasteiger partial charge < -0.3 is 14.2 Å². The maximum atomic E-state index is 12.7. The molecule has 0 aromatic heterocycles. The number of carbonyl (C=O) groups is 3. The van der Waals surface area contributed by atoms with E-state index in [0.29, 0.717) is 19.3 Å². The highest BCUT2D eigenvalue weighted by Crippen LogP contribution is 2.15. The molecule has 0 aromatic carbocycles. The summed E-state index contributed by atoms with van der Waals surface area (Å²) in [6, 6.07) is 0. The van der Waals surface area contributed by atoms with Crippen LogP contribution in [0.5, 0.6) is 0 Å². The second-order valence-electron chi connectivity index (χ2n) is 18.5. The van der Waals surface area contributed by atoms with E-state index in [1.54, 1.807) is 0 Å². The Hall–Kier alpha value is -3.41. The van der Waals surface area contributed by atoms with Crippen LogP contribution in [0, 0.1) is 0 Å². The molecular formula is C61H104O6. The Bertz CT molecular complexity index is 1300. The van der Waals surface area contributed by atoms with Crippen LogP contribution in [0.2, 0.25) is 0 Å². The van der Waals surface area contributed by atoms with Gasteiger partial charge in [0.2, 0.25) is 0 Å². The van der Waals surface area contributed by atoms with Crippen LogP contribution in [-0.2, 0) is 28.6 Å². The number of carbonyl (C=O) groups excluding carboxylic acids is 3. The van der Waals surface area contributed by atoms with Crippen molar-refractivity contribution in [2.75, 3.05) is 13.2 Å². The first-order chi connectivity index (χ1) is 33.0. The molecule has 0 spiro atoms. The van der Waals surface area contributed by atoms with Crippen molar-refractivity contribution in [3.05, 3.63) is 85.1 Å². The molecule has 6 heteroatoms. The van der Waals surface area contributed by atoms with Crippen molar-refractivity contribution in [2.45, 2.75) is 271 Å². The fourth-order valence-electron chi connectivity index (χ4n) is 7.72. The van der Waals surface area contributed by atoms with Gasteiger partial charge in [0.1, 0.15) is 13.2 Å². The van der Waals surface area contributed by atoms with Gasteiger partial charge in [0.05, 0.1) is 0 Å². The maximum absolute atomic E-state index is 12.7. The van der Waals surface area contributed by atoms with E-state index in [4.69, 9.17) is 14.2 Å². The largest absolute Gasteiger partial charge is 0.462 e. The molecule has 0 saturated carbocycles. The van der Waals surface area contributed by atoms with Crippen LogP contribution in [0.3, 0.4) is 0 Å². The maximum Gasteiger partial charge on any atom is 0.306 e. The van der Waals surface area contributed by atoms with E-state index in [0.717, 1.165) is 109 Å². The Morgan fingerprint density at radius 3 is 0.910 bits per heavy atom. The molecule has 0 aromatic rings. The summed E-state index contributed by atoms with van der Waals surface area (Å²) < 4.78 is 16.7. The molecule has 0 amide bonds. The molecule has 1 unspecified atom stereocenters. The van der Waals surface area contributed by atoms with Gasteiger partial charge >= 0.3 is 17.9 Å². The third kappa shape index (κ3) is 53.4. The Morgan fingerprint density at radius 1 is 0.313 bits per heavy atom. The van der Waals surface area contributed by atoms with Crippen molar-refractivity contribution >= 4 is 17.9 Å². The minimum Gasteiger partial charge on any atom is -0.462 e. The minimum absolute atomic E-state index is 0.0755. The second kappa shape index (κ2) is 55.2. The summed E-state index contributed by atoms with van der Waals surface area (Å²) in [5.74, 6) is -0.888. The van der Waals surface area contributed by atoms with Gasteiger partial charge in [0.25, 0.3) is 0 Å². The summed E-state index contributed by atoms with van der Waals surface area (Å²) in [6.45, 7) is 6.46. The quantitative estimate of drug-likeness (QED) is 0.0262. The molecule has 0 bridgehead atoms. The summed E-state index contributed by atoms with van der Waals surface area (Å²) >= 11 is 0. The summed E-state index contributed by atoms with van der Waals surface area (Å²) in [6.07, 6.45) is 71.8. The van der Waals surface area contributed by atoms with Gasteiger partial charge in [-0.3, -0.25) is 14.4 Å². The summed E-state index contributed by atoms with van der Waals surface area (Å²) in [7, 11) is 0. The van der Waals surface area contributed by atoms with Crippen LogP contribution < -0.4 is 0 Å². The molecule has 0 aliphatic heterocycles. The highest BCUT2D eigenvalue weighted by atomic mass is 16.6. The van der Waals surface area contributed by atoms with E-state index in [2.05, 4.69) is 106 Å². The summed E-state index contributed by atoms with van der Waals surface area (Å²) in [4.78, 5) is 37.8. The molecule has 0 saturated heterocycles. The molecule has 0 aliphatic carbocycles. The lowest BCUT2D eigenvalue weighted by Gasteiger charge is -2.18. The van der Waals surface area contributed by atoms with Crippen LogP contribution in [0.25, 0.3) is 0 Å². The zero-order valence-corrected chi connectivity index (χ0v) is 43.9. The summed E-state index contributed by atoms with van der Waals surface area (Å²) in [5, 5.41) is 0. The van der Waals surface area contributed by atoms with Gasteiger partial charge in [-0.2, -0.15) is 0 Å². The normalized spacial score (nSPS) is 12.7. The topological polar surface area (TPSA) is 78.9 Å². The Labute approximate surface area is 414 Å². The third-order valence-corrected chi connectivity index (χ3v) is 11.9. The molecule has 384 valence electrons. The molecule has 1 atom stereocenters. The monoisotopic (exact) mass is 933 g/mol. The average molecular weight is 933 g/mol. The smallest absolute Gasteiger partial charge is 0.306 e. The SMILES string of the molecule is CC/C=C\C/C=C\C/C=C\C/C=C\C/C=C\C/C=C\C/C=C\CCCCCCCCCCCC(=O)OCC(COC(=O)CCCCCCCC)OC(=O)CCCCCCCCCCCCCC. The highest BCUT2D eigenvalue weighted by Gasteiger charge is 2.19. The Morgan fingerprint density at radius 2 is 0.582 bits per heavy atom. The average Bonchev–Trinajstić information content (AvgIpc) is 3.33. The van der Waals surface area contributed by atoms with Crippen molar-refractivity contribution in [1.29, 1.82) is 0 Å². The molecule has 0 fully saturated rings. The second-order valence-corrected chi connectivity index (χ2v) is 18.5. The fraction of sp³-hybridized carbons (Fsp3) is 0.721. The van der Waals surface area contributed by atoms with Gasteiger partial charge in [-0.1, -0.05) is 254 Å². The predicted octanol–water partition coefficient (Wildman–Crippen LogP) is 18.8. The van der Waals surface area contributed by atoms with Crippen LogP contribution in [0.4, 0.5) is 0 Å². The zero-order valence-electron chi connectivity index (χ0n) is 43.9. The van der Waals surface area contributed by atoms with E-state index in [1.807, 2.05) is 0 Å². The lowest BCUT2D eigenvalue weighted by molar-refractivity contribution is -0.167. The van der Waals surface area contributed by atoms with E-state index in [-0.39, 0.29) is 31.1 Å². The van der Waals surface area contributed by atoms with Crippen LogP contribution in [0.15, 0.2) is 85.1 Å². The molecule has 0 N–H and O–H groups in total. The first-order valence-electron chi connectivity index (χ1n) is 28.1. The van der Waals surface area contributed by atoms with Crippen molar-refractivity contribution in [3.63, 3.8) is 0 Å². The van der Waals surface area contributed by atoms with Gasteiger partial charge in [-0.15, -0.1) is 0 Å². The van der Waals surface area contributed by atoms with E-state index in [9.17, 15) is 14.4 Å². The summed E-state index contributed by atoms with van der Waals surface area (Å²) in [5.41, 5.74) is 0. The first kappa shape index (κ1) is 63.6.